The first-order valence-electron chi connectivity index (χ1n) is 9.98. The number of nitrogens with one attached hydrogen (secondary N) is 1. The van der Waals surface area contributed by atoms with Crippen molar-refractivity contribution in [3.8, 4) is 5.69 Å². The van der Waals surface area contributed by atoms with E-state index in [1.165, 1.54) is 16.6 Å². The molecule has 9 heteroatoms. The number of amides is 1. The summed E-state index contributed by atoms with van der Waals surface area (Å²) in [7, 11) is -3.67. The predicted octanol–water partition coefficient (Wildman–Crippen LogP) is 2.76. The number of carbonyl (C=O) groups is 1. The van der Waals surface area contributed by atoms with E-state index in [2.05, 4.69) is 10.4 Å². The normalized spacial score (nSPS) is 15.0. The Morgan fingerprint density at radius 3 is 2.48 bits per heavy atom. The van der Waals surface area contributed by atoms with Crippen LogP contribution in [0.2, 0.25) is 0 Å². The molecule has 1 N–H and O–H groups in total. The first kappa shape index (κ1) is 21.2. The molecule has 31 heavy (non-hydrogen) atoms. The van der Waals surface area contributed by atoms with Crippen molar-refractivity contribution in [3.63, 3.8) is 0 Å². The SMILES string of the molecule is Cc1ccc(NC(=O)c2cnn(-c3ccccc3)c2C)cc1S(=O)(=O)N1CCOCC1. The number of nitrogens with zero attached hydrogens (tertiary/aromatic N) is 3. The molecule has 1 aliphatic heterocycles. The molecule has 0 saturated carbocycles. The van der Waals surface area contributed by atoms with Crippen LogP contribution in [0.1, 0.15) is 21.6 Å². The fraction of sp³-hybridized carbons (Fsp3) is 0.273. The van der Waals surface area contributed by atoms with E-state index < -0.39 is 10.0 Å². The van der Waals surface area contributed by atoms with Crippen molar-refractivity contribution in [2.75, 3.05) is 31.6 Å². The van der Waals surface area contributed by atoms with Gasteiger partial charge in [0.15, 0.2) is 0 Å². The molecule has 2 heterocycles. The Labute approximate surface area is 181 Å². The highest BCUT2D eigenvalue weighted by Gasteiger charge is 2.28. The number of ether oxygens (including phenoxy) is 1. The third-order valence-corrected chi connectivity index (χ3v) is 7.33. The van der Waals surface area contributed by atoms with Crippen LogP contribution in [0, 0.1) is 13.8 Å². The average Bonchev–Trinajstić information content (AvgIpc) is 3.17. The van der Waals surface area contributed by atoms with Crippen LogP contribution >= 0.6 is 0 Å². The van der Waals surface area contributed by atoms with Crippen LogP contribution in [-0.2, 0) is 14.8 Å². The molecule has 162 valence electrons. The van der Waals surface area contributed by atoms with E-state index in [1.54, 1.807) is 23.7 Å². The Kier molecular flexibility index (Phi) is 5.90. The van der Waals surface area contributed by atoms with Crippen LogP contribution in [0.5, 0.6) is 0 Å². The second-order valence-corrected chi connectivity index (χ2v) is 9.25. The molecule has 1 aliphatic rings. The van der Waals surface area contributed by atoms with Crippen molar-refractivity contribution in [3.05, 3.63) is 71.5 Å². The van der Waals surface area contributed by atoms with Gasteiger partial charge in [-0.3, -0.25) is 4.79 Å². The van der Waals surface area contributed by atoms with Gasteiger partial charge < -0.3 is 10.1 Å². The van der Waals surface area contributed by atoms with Crippen molar-refractivity contribution in [2.45, 2.75) is 18.7 Å². The van der Waals surface area contributed by atoms with Gasteiger partial charge in [0.25, 0.3) is 5.91 Å². The van der Waals surface area contributed by atoms with E-state index >= 15 is 0 Å². The lowest BCUT2D eigenvalue weighted by atomic mass is 10.2. The van der Waals surface area contributed by atoms with E-state index in [0.29, 0.717) is 48.8 Å². The van der Waals surface area contributed by atoms with E-state index in [1.807, 2.05) is 37.3 Å². The van der Waals surface area contributed by atoms with Gasteiger partial charge in [-0.1, -0.05) is 24.3 Å². The third-order valence-electron chi connectivity index (χ3n) is 5.29. The number of morpholine rings is 1. The summed E-state index contributed by atoms with van der Waals surface area (Å²) in [4.78, 5) is 13.1. The number of hydrogen-bond acceptors (Lipinski definition) is 5. The summed E-state index contributed by atoms with van der Waals surface area (Å²) in [6, 6.07) is 14.4. The van der Waals surface area contributed by atoms with Crippen molar-refractivity contribution < 1.29 is 17.9 Å². The Morgan fingerprint density at radius 2 is 1.77 bits per heavy atom. The summed E-state index contributed by atoms with van der Waals surface area (Å²) in [5.74, 6) is -0.349. The van der Waals surface area contributed by atoms with Crippen LogP contribution in [0.3, 0.4) is 0 Å². The van der Waals surface area contributed by atoms with Gasteiger partial charge in [-0.25, -0.2) is 13.1 Å². The summed E-state index contributed by atoms with van der Waals surface area (Å²) in [5, 5.41) is 7.13. The molecule has 8 nitrogen and oxygen atoms in total. The van der Waals surface area contributed by atoms with E-state index in [4.69, 9.17) is 4.74 Å². The monoisotopic (exact) mass is 440 g/mol. The van der Waals surface area contributed by atoms with Crippen molar-refractivity contribution >= 4 is 21.6 Å². The summed E-state index contributed by atoms with van der Waals surface area (Å²) in [6.07, 6.45) is 1.51. The smallest absolute Gasteiger partial charge is 0.259 e. The number of carbonyl (C=O) groups excluding carboxylic acids is 1. The van der Waals surface area contributed by atoms with Gasteiger partial charge in [-0.2, -0.15) is 9.40 Å². The van der Waals surface area contributed by atoms with Crippen LogP contribution < -0.4 is 5.32 Å². The molecule has 0 aliphatic carbocycles. The molecule has 1 amide bonds. The van der Waals surface area contributed by atoms with Crippen LogP contribution in [-0.4, -0.2) is 54.7 Å². The number of hydrogen-bond donors (Lipinski definition) is 1. The molecule has 1 aromatic heterocycles. The molecule has 0 radical (unpaired) electrons. The largest absolute Gasteiger partial charge is 0.379 e. The van der Waals surface area contributed by atoms with Crippen molar-refractivity contribution in [2.24, 2.45) is 0 Å². The minimum atomic E-state index is -3.67. The number of aromatic nitrogens is 2. The van der Waals surface area contributed by atoms with Gasteiger partial charge in [0.05, 0.1) is 41.3 Å². The van der Waals surface area contributed by atoms with Gasteiger partial charge in [0.1, 0.15) is 0 Å². The van der Waals surface area contributed by atoms with Crippen LogP contribution in [0.25, 0.3) is 5.69 Å². The van der Waals surface area contributed by atoms with Gasteiger partial charge in [0, 0.05) is 18.8 Å². The van der Waals surface area contributed by atoms with Crippen LogP contribution in [0.15, 0.2) is 59.6 Å². The molecule has 0 spiro atoms. The Hall–Kier alpha value is -3.01. The molecule has 2 aromatic carbocycles. The molecule has 1 fully saturated rings. The van der Waals surface area contributed by atoms with E-state index in [0.717, 1.165) is 5.69 Å². The molecule has 0 bridgehead atoms. The van der Waals surface area contributed by atoms with Crippen LogP contribution in [0.4, 0.5) is 5.69 Å². The van der Waals surface area contributed by atoms with Gasteiger partial charge in [-0.05, 0) is 43.7 Å². The zero-order chi connectivity index (χ0) is 22.0. The highest BCUT2D eigenvalue weighted by atomic mass is 32.2. The average molecular weight is 441 g/mol. The number of rotatable bonds is 5. The first-order chi connectivity index (χ1) is 14.9. The number of aryl methyl sites for hydroxylation is 1. The highest BCUT2D eigenvalue weighted by molar-refractivity contribution is 7.89. The lowest BCUT2D eigenvalue weighted by Crippen LogP contribution is -2.40. The zero-order valence-electron chi connectivity index (χ0n) is 17.4. The quantitative estimate of drug-likeness (QED) is 0.659. The highest BCUT2D eigenvalue weighted by Crippen LogP contribution is 2.25. The van der Waals surface area contributed by atoms with Gasteiger partial charge in [0.2, 0.25) is 10.0 Å². The number of benzene rings is 2. The number of sulfonamides is 1. The van der Waals surface area contributed by atoms with Crippen molar-refractivity contribution in [1.82, 2.24) is 14.1 Å². The lowest BCUT2D eigenvalue weighted by molar-refractivity contribution is 0.0730. The standard InChI is InChI=1S/C22H24N4O4S/c1-16-8-9-18(14-21(16)31(28,29)25-10-12-30-13-11-25)24-22(27)20-15-23-26(17(20)2)19-6-4-3-5-7-19/h3-9,14-15H,10-13H2,1-2H3,(H,24,27). The van der Waals surface area contributed by atoms with Crippen molar-refractivity contribution in [1.29, 1.82) is 0 Å². The topological polar surface area (TPSA) is 93.5 Å². The van der Waals surface area contributed by atoms with E-state index in [-0.39, 0.29) is 10.8 Å². The predicted molar refractivity (Wildman–Crippen MR) is 117 cm³/mol. The van der Waals surface area contributed by atoms with Gasteiger partial charge in [-0.15, -0.1) is 0 Å². The summed E-state index contributed by atoms with van der Waals surface area (Å²) in [5.41, 5.74) is 3.00. The Bertz CT molecular complexity index is 1200. The Morgan fingerprint density at radius 1 is 1.06 bits per heavy atom. The summed E-state index contributed by atoms with van der Waals surface area (Å²) >= 11 is 0. The maximum Gasteiger partial charge on any atom is 0.259 e. The molecule has 1 saturated heterocycles. The molecular formula is C22H24N4O4S. The fourth-order valence-electron chi connectivity index (χ4n) is 3.54. The zero-order valence-corrected chi connectivity index (χ0v) is 18.2. The second-order valence-electron chi connectivity index (χ2n) is 7.34. The molecule has 3 aromatic rings. The maximum absolute atomic E-state index is 13.1. The minimum absolute atomic E-state index is 0.184. The number of para-hydroxylation sites is 1. The minimum Gasteiger partial charge on any atom is -0.379 e. The van der Waals surface area contributed by atoms with Gasteiger partial charge >= 0.3 is 0 Å². The number of anilines is 1. The fourth-order valence-corrected chi connectivity index (χ4v) is 5.20. The molecule has 4 rings (SSSR count). The second kappa shape index (κ2) is 8.62. The molecular weight excluding hydrogens is 416 g/mol. The summed E-state index contributed by atoms with van der Waals surface area (Å²) in [6.45, 7) is 4.94. The third kappa shape index (κ3) is 4.25. The lowest BCUT2D eigenvalue weighted by Gasteiger charge is -2.26. The summed E-state index contributed by atoms with van der Waals surface area (Å²) < 4.78 is 34.5. The molecule has 0 unspecified atom stereocenters. The van der Waals surface area contributed by atoms with E-state index in [9.17, 15) is 13.2 Å². The molecule has 0 atom stereocenters. The maximum atomic E-state index is 13.1. The first-order valence-corrected chi connectivity index (χ1v) is 11.4. The Balaban J connectivity index is 1.59.